The molecular weight excluding hydrogens is 318 g/mol. The van der Waals surface area contributed by atoms with Crippen LogP contribution in [0.3, 0.4) is 0 Å². The number of rotatable bonds is 1. The molecule has 0 radical (unpaired) electrons. The highest BCUT2D eigenvalue weighted by Crippen LogP contribution is 2.26. The lowest BCUT2D eigenvalue weighted by Gasteiger charge is -2.20. The van der Waals surface area contributed by atoms with Gasteiger partial charge >= 0.3 is 6.09 Å². The number of ether oxygens (including phenoxy) is 1. The van der Waals surface area contributed by atoms with Crippen LogP contribution in [0, 0.1) is 0 Å². The third kappa shape index (κ3) is 2.39. The van der Waals surface area contributed by atoms with Gasteiger partial charge in [0.1, 0.15) is 5.60 Å². The number of carbonyl (C=O) groups is 1. The van der Waals surface area contributed by atoms with E-state index in [1.54, 1.807) is 20.8 Å². The highest BCUT2D eigenvalue weighted by Gasteiger charge is 2.23. The Hall–Kier alpha value is -3.23. The van der Waals surface area contributed by atoms with Gasteiger partial charge in [0.25, 0.3) is 22.2 Å². The third-order valence-electron chi connectivity index (χ3n) is 3.35. The molecule has 9 nitrogen and oxygen atoms in total. The molecule has 0 fully saturated rings. The van der Waals surface area contributed by atoms with Crippen LogP contribution in [0.4, 0.5) is 10.5 Å². The Morgan fingerprint density at radius 2 is 1.38 bits per heavy atom. The van der Waals surface area contributed by atoms with Crippen molar-refractivity contribution >= 4 is 33.3 Å². The minimum Gasteiger partial charge on any atom is -0.444 e. The summed E-state index contributed by atoms with van der Waals surface area (Å²) in [7, 11) is 0. The van der Waals surface area contributed by atoms with Gasteiger partial charge in [0.2, 0.25) is 0 Å². The van der Waals surface area contributed by atoms with Gasteiger partial charge in [0.05, 0.1) is 27.2 Å². The van der Waals surface area contributed by atoms with E-state index in [0.717, 1.165) is 6.07 Å². The van der Waals surface area contributed by atoms with Gasteiger partial charge in [-0.15, -0.1) is 0 Å². The zero-order valence-electron chi connectivity index (χ0n) is 13.0. The van der Waals surface area contributed by atoms with E-state index in [-0.39, 0.29) is 27.2 Å². The maximum Gasteiger partial charge on any atom is 0.412 e. The first-order chi connectivity index (χ1) is 11.1. The molecule has 24 heavy (non-hydrogen) atoms. The van der Waals surface area contributed by atoms with E-state index in [9.17, 15) is 24.0 Å². The molecule has 3 rings (SSSR count). The molecule has 1 aromatic carbocycles. The lowest BCUT2D eigenvalue weighted by molar-refractivity contribution is 0.0636. The van der Waals surface area contributed by atoms with Crippen molar-refractivity contribution in [2.75, 3.05) is 5.32 Å². The van der Waals surface area contributed by atoms with E-state index in [0.29, 0.717) is 0 Å². The number of amides is 1. The fraction of sp³-hybridized carbons (Fsp3) is 0.267. The number of anilines is 1. The fourth-order valence-corrected chi connectivity index (χ4v) is 2.51. The van der Waals surface area contributed by atoms with Crippen molar-refractivity contribution in [3.05, 3.63) is 47.5 Å². The van der Waals surface area contributed by atoms with E-state index in [1.165, 1.54) is 0 Å². The van der Waals surface area contributed by atoms with Crippen LogP contribution >= 0.6 is 0 Å². The zero-order chi connectivity index (χ0) is 17.8. The number of fused-ring (bicyclic) bond motifs is 2. The van der Waals surface area contributed by atoms with Crippen molar-refractivity contribution in [2.45, 2.75) is 26.4 Å². The van der Waals surface area contributed by atoms with Crippen LogP contribution in [0.2, 0.25) is 0 Å². The van der Waals surface area contributed by atoms with Crippen LogP contribution in [-0.4, -0.2) is 21.7 Å². The number of H-pyrrole nitrogens is 2. The van der Waals surface area contributed by atoms with Gasteiger partial charge in [-0.05, 0) is 26.8 Å². The summed E-state index contributed by atoms with van der Waals surface area (Å²) in [6, 6.07) is 1.16. The minimum atomic E-state index is -0.919. The van der Waals surface area contributed by atoms with Gasteiger partial charge in [-0.1, -0.05) is 0 Å². The van der Waals surface area contributed by atoms with E-state index in [4.69, 9.17) is 4.74 Å². The van der Waals surface area contributed by atoms with E-state index >= 15 is 0 Å². The number of nitrogens with one attached hydrogen (secondary N) is 3. The minimum absolute atomic E-state index is 0.0883. The fourth-order valence-electron chi connectivity index (χ4n) is 2.51. The number of hydrogen-bond donors (Lipinski definition) is 3. The quantitative estimate of drug-likeness (QED) is 0.587. The predicted molar refractivity (Wildman–Crippen MR) is 87.5 cm³/mol. The first-order valence-corrected chi connectivity index (χ1v) is 7.01. The van der Waals surface area contributed by atoms with Gasteiger partial charge in [-0.3, -0.25) is 34.5 Å². The number of aromatic amines is 2. The van der Waals surface area contributed by atoms with Crippen molar-refractivity contribution in [3.63, 3.8) is 0 Å². The van der Waals surface area contributed by atoms with Crippen molar-refractivity contribution in [1.82, 2.24) is 9.97 Å². The molecule has 0 unspecified atom stereocenters. The van der Waals surface area contributed by atoms with Crippen LogP contribution < -0.4 is 27.6 Å². The summed E-state index contributed by atoms with van der Waals surface area (Å²) >= 11 is 0. The molecule has 124 valence electrons. The zero-order valence-corrected chi connectivity index (χ0v) is 13.0. The molecule has 0 saturated heterocycles. The molecular formula is C15H13N3O6. The van der Waals surface area contributed by atoms with Gasteiger partial charge in [-0.25, -0.2) is 4.79 Å². The van der Waals surface area contributed by atoms with Crippen molar-refractivity contribution in [3.8, 4) is 0 Å². The number of hydrogen-bond acceptors (Lipinski definition) is 6. The monoisotopic (exact) mass is 331 g/mol. The summed E-state index contributed by atoms with van der Waals surface area (Å²) in [5.74, 6) is 0. The first-order valence-electron chi connectivity index (χ1n) is 7.01. The molecule has 3 aromatic rings. The molecule has 0 bridgehead atoms. The predicted octanol–water partition coefficient (Wildman–Crippen LogP) is 0.313. The molecule has 1 amide bonds. The molecule has 3 N–H and O–H groups in total. The van der Waals surface area contributed by atoms with Gasteiger partial charge < -0.3 is 4.74 Å². The Bertz CT molecular complexity index is 1110. The second-order valence-electron chi connectivity index (χ2n) is 6.29. The average Bonchev–Trinajstić information content (AvgIpc) is 2.86. The average molecular weight is 331 g/mol. The lowest BCUT2D eigenvalue weighted by atomic mass is 10.1. The Labute approximate surface area is 133 Å². The van der Waals surface area contributed by atoms with Crippen LogP contribution in [-0.2, 0) is 4.74 Å². The topological polar surface area (TPSA) is 138 Å². The van der Waals surface area contributed by atoms with Crippen LogP contribution in [0.25, 0.3) is 21.5 Å². The summed E-state index contributed by atoms with van der Waals surface area (Å²) in [5, 5.41) is 1.79. The van der Waals surface area contributed by atoms with Crippen LogP contribution in [0.5, 0.6) is 0 Å². The summed E-state index contributed by atoms with van der Waals surface area (Å²) in [4.78, 5) is 63.9. The Morgan fingerprint density at radius 3 is 1.79 bits per heavy atom. The van der Waals surface area contributed by atoms with E-state index < -0.39 is 33.9 Å². The number of carbonyl (C=O) groups excluding carboxylic acids is 1. The molecule has 0 saturated carbocycles. The van der Waals surface area contributed by atoms with Gasteiger partial charge in [-0.2, -0.15) is 0 Å². The van der Waals surface area contributed by atoms with Crippen molar-refractivity contribution < 1.29 is 9.53 Å². The first kappa shape index (κ1) is 15.7. The molecule has 2 aromatic heterocycles. The molecule has 0 atom stereocenters. The highest BCUT2D eigenvalue weighted by molar-refractivity contribution is 6.14. The molecule has 0 aliphatic heterocycles. The normalized spacial score (nSPS) is 12.0. The number of benzene rings is 1. The molecule has 9 heteroatoms. The van der Waals surface area contributed by atoms with Crippen molar-refractivity contribution in [1.29, 1.82) is 0 Å². The largest absolute Gasteiger partial charge is 0.444 e. The maximum absolute atomic E-state index is 12.0. The number of aromatic nitrogens is 2. The smallest absolute Gasteiger partial charge is 0.412 e. The second-order valence-corrected chi connectivity index (χ2v) is 6.29. The molecule has 0 aliphatic rings. The SMILES string of the molecule is CC(C)(C)OC(=O)Nc1c2c(=O)[nH]c(=O)c2cc2c(=O)[nH]c(=O)c12. The maximum atomic E-state index is 12.0. The Morgan fingerprint density at radius 1 is 0.917 bits per heavy atom. The summed E-state index contributed by atoms with van der Waals surface area (Å²) in [6.45, 7) is 4.91. The summed E-state index contributed by atoms with van der Waals surface area (Å²) in [5.41, 5.74) is -3.99. The third-order valence-corrected chi connectivity index (χ3v) is 3.35. The standard InChI is InChI=1S/C15H13N3O6/c1-15(2,3)24-14(23)16-9-7-5(10(19)17-12(7)21)4-6-8(9)13(22)18-11(6)20/h4H,1-3H3,(H,16,23)(H,17,19,21)(H,18,20,22). The Kier molecular flexibility index (Phi) is 3.19. The second kappa shape index (κ2) is 4.88. The van der Waals surface area contributed by atoms with Crippen LogP contribution in [0.1, 0.15) is 20.8 Å². The van der Waals surface area contributed by atoms with Gasteiger partial charge in [0.15, 0.2) is 0 Å². The lowest BCUT2D eigenvalue weighted by Crippen LogP contribution is -2.27. The Balaban J connectivity index is 2.36. The van der Waals surface area contributed by atoms with E-state index in [2.05, 4.69) is 15.3 Å². The van der Waals surface area contributed by atoms with Crippen LogP contribution in [0.15, 0.2) is 25.2 Å². The molecule has 0 spiro atoms. The summed E-state index contributed by atoms with van der Waals surface area (Å²) in [6.07, 6.45) is -0.919. The molecule has 2 heterocycles. The summed E-state index contributed by atoms with van der Waals surface area (Å²) < 4.78 is 5.10. The van der Waals surface area contributed by atoms with Crippen molar-refractivity contribution in [2.24, 2.45) is 0 Å². The van der Waals surface area contributed by atoms with E-state index in [1.807, 2.05) is 0 Å². The highest BCUT2D eigenvalue weighted by atomic mass is 16.6. The molecule has 0 aliphatic carbocycles. The van der Waals surface area contributed by atoms with Gasteiger partial charge in [0, 0.05) is 0 Å².